The number of carbonyl (C=O) groups excluding carboxylic acids is 1. The second-order valence-electron chi connectivity index (χ2n) is 5.57. The lowest BCUT2D eigenvalue weighted by molar-refractivity contribution is 0.0954. The van der Waals surface area contributed by atoms with E-state index in [4.69, 9.17) is 14.2 Å². The van der Waals surface area contributed by atoms with Crippen molar-refractivity contribution in [2.75, 3.05) is 20.8 Å². The van der Waals surface area contributed by atoms with E-state index in [0.717, 1.165) is 24.2 Å². The van der Waals surface area contributed by atoms with Gasteiger partial charge in [-0.15, -0.1) is 0 Å². The Labute approximate surface area is 153 Å². The number of methoxy groups -OCH3 is 2. The minimum Gasteiger partial charge on any atom is -0.497 e. The summed E-state index contributed by atoms with van der Waals surface area (Å²) < 4.78 is 15.9. The van der Waals surface area contributed by atoms with E-state index in [1.807, 2.05) is 24.3 Å². The monoisotopic (exact) mass is 356 g/mol. The van der Waals surface area contributed by atoms with E-state index in [1.54, 1.807) is 24.4 Å². The van der Waals surface area contributed by atoms with Crippen molar-refractivity contribution >= 4 is 12.1 Å². The molecular weight excluding hydrogens is 332 g/mol. The van der Waals surface area contributed by atoms with Crippen molar-refractivity contribution in [1.82, 2.24) is 5.43 Å². The molecular formula is C20H24N2O4. The summed E-state index contributed by atoms with van der Waals surface area (Å²) in [7, 11) is 3.06. The summed E-state index contributed by atoms with van der Waals surface area (Å²) >= 11 is 0. The van der Waals surface area contributed by atoms with Gasteiger partial charge >= 0.3 is 0 Å². The fourth-order valence-electron chi connectivity index (χ4n) is 2.15. The van der Waals surface area contributed by atoms with E-state index in [9.17, 15) is 4.79 Å². The Morgan fingerprint density at radius 2 is 1.69 bits per heavy atom. The van der Waals surface area contributed by atoms with E-state index < -0.39 is 0 Å². The van der Waals surface area contributed by atoms with Crippen molar-refractivity contribution in [2.45, 2.75) is 19.8 Å². The summed E-state index contributed by atoms with van der Waals surface area (Å²) in [5.41, 5.74) is 3.75. The van der Waals surface area contributed by atoms with Crippen LogP contribution in [0.1, 0.15) is 35.7 Å². The maximum absolute atomic E-state index is 12.2. The maximum atomic E-state index is 12.2. The van der Waals surface area contributed by atoms with Gasteiger partial charge in [0.2, 0.25) is 0 Å². The molecule has 0 saturated carbocycles. The van der Waals surface area contributed by atoms with Gasteiger partial charge in [-0.25, -0.2) is 5.43 Å². The van der Waals surface area contributed by atoms with Gasteiger partial charge in [0.15, 0.2) is 0 Å². The van der Waals surface area contributed by atoms with Crippen molar-refractivity contribution in [3.63, 3.8) is 0 Å². The molecule has 0 aliphatic heterocycles. The Hall–Kier alpha value is -3.02. The first kappa shape index (κ1) is 19.3. The highest BCUT2D eigenvalue weighted by Crippen LogP contribution is 2.22. The standard InChI is InChI=1S/C20H24N2O4/c1-4-5-10-26-17-8-6-15(7-9-17)14-21-22-20(23)16-11-18(24-2)13-19(12-16)25-3/h6-9,11-14H,4-5,10H2,1-3H3,(H,22,23)/b21-14+. The van der Waals surface area contributed by atoms with E-state index in [2.05, 4.69) is 17.5 Å². The number of benzene rings is 2. The molecule has 0 atom stereocenters. The van der Waals surface area contributed by atoms with Gasteiger partial charge in [-0.05, 0) is 48.4 Å². The number of amides is 1. The molecule has 138 valence electrons. The molecule has 0 unspecified atom stereocenters. The zero-order chi connectivity index (χ0) is 18.8. The highest BCUT2D eigenvalue weighted by Gasteiger charge is 2.09. The van der Waals surface area contributed by atoms with Gasteiger partial charge in [0, 0.05) is 11.6 Å². The smallest absolute Gasteiger partial charge is 0.271 e. The van der Waals surface area contributed by atoms with Crippen LogP contribution in [0.25, 0.3) is 0 Å². The first-order valence-electron chi connectivity index (χ1n) is 8.45. The number of unbranched alkanes of at least 4 members (excludes halogenated alkanes) is 1. The fourth-order valence-corrected chi connectivity index (χ4v) is 2.15. The summed E-state index contributed by atoms with van der Waals surface area (Å²) in [5.74, 6) is 1.55. The van der Waals surface area contributed by atoms with Gasteiger partial charge < -0.3 is 14.2 Å². The maximum Gasteiger partial charge on any atom is 0.271 e. The predicted octanol–water partition coefficient (Wildman–Crippen LogP) is 3.65. The van der Waals surface area contributed by atoms with Crippen molar-refractivity contribution in [3.05, 3.63) is 53.6 Å². The van der Waals surface area contributed by atoms with Crippen LogP contribution in [0, 0.1) is 0 Å². The molecule has 0 aromatic heterocycles. The summed E-state index contributed by atoms with van der Waals surface area (Å²) in [5, 5.41) is 3.99. The van der Waals surface area contributed by atoms with Crippen LogP contribution < -0.4 is 19.6 Å². The van der Waals surface area contributed by atoms with Gasteiger partial charge in [-0.3, -0.25) is 4.79 Å². The molecule has 0 spiro atoms. The molecule has 2 rings (SSSR count). The number of carbonyl (C=O) groups is 1. The SMILES string of the molecule is CCCCOc1ccc(/C=N/NC(=O)c2cc(OC)cc(OC)c2)cc1. The Morgan fingerprint density at radius 1 is 1.04 bits per heavy atom. The molecule has 26 heavy (non-hydrogen) atoms. The lowest BCUT2D eigenvalue weighted by Crippen LogP contribution is -2.17. The van der Waals surface area contributed by atoms with Gasteiger partial charge in [-0.1, -0.05) is 13.3 Å². The second kappa shape index (κ2) is 10.1. The number of hydrazone groups is 1. The molecule has 2 aromatic carbocycles. The van der Waals surface area contributed by atoms with Gasteiger partial charge in [-0.2, -0.15) is 5.10 Å². The third kappa shape index (κ3) is 5.81. The number of ether oxygens (including phenoxy) is 3. The summed E-state index contributed by atoms with van der Waals surface area (Å²) in [6.45, 7) is 2.84. The Balaban J connectivity index is 1.94. The predicted molar refractivity (Wildman–Crippen MR) is 101 cm³/mol. The molecule has 0 fully saturated rings. The second-order valence-corrected chi connectivity index (χ2v) is 5.57. The van der Waals surface area contributed by atoms with Crippen LogP contribution in [0.3, 0.4) is 0 Å². The largest absolute Gasteiger partial charge is 0.497 e. The van der Waals surface area contributed by atoms with Crippen molar-refractivity contribution in [1.29, 1.82) is 0 Å². The first-order chi connectivity index (χ1) is 12.7. The van der Waals surface area contributed by atoms with Crippen LogP contribution in [0.15, 0.2) is 47.6 Å². The van der Waals surface area contributed by atoms with Crippen LogP contribution in [-0.2, 0) is 0 Å². The van der Waals surface area contributed by atoms with E-state index >= 15 is 0 Å². The fraction of sp³-hybridized carbons (Fsp3) is 0.300. The van der Waals surface area contributed by atoms with Crippen molar-refractivity contribution < 1.29 is 19.0 Å². The van der Waals surface area contributed by atoms with Crippen molar-refractivity contribution in [2.24, 2.45) is 5.10 Å². The number of nitrogens with one attached hydrogen (secondary N) is 1. The Kier molecular flexibility index (Phi) is 7.49. The molecule has 6 nitrogen and oxygen atoms in total. The van der Waals surface area contributed by atoms with Gasteiger partial charge in [0.1, 0.15) is 17.2 Å². The lowest BCUT2D eigenvalue weighted by Gasteiger charge is -2.07. The first-order valence-corrected chi connectivity index (χ1v) is 8.45. The number of hydrogen-bond acceptors (Lipinski definition) is 5. The average Bonchev–Trinajstić information content (AvgIpc) is 2.68. The topological polar surface area (TPSA) is 69.2 Å². The van der Waals surface area contributed by atoms with Crippen LogP contribution in [-0.4, -0.2) is 32.9 Å². The zero-order valence-electron chi connectivity index (χ0n) is 15.3. The molecule has 0 aliphatic rings. The Bertz CT molecular complexity index is 720. The summed E-state index contributed by atoms with van der Waals surface area (Å²) in [6, 6.07) is 12.5. The third-order valence-electron chi connectivity index (χ3n) is 3.64. The van der Waals surface area contributed by atoms with Crippen LogP contribution in [0.5, 0.6) is 17.2 Å². The van der Waals surface area contributed by atoms with E-state index in [-0.39, 0.29) is 5.91 Å². The molecule has 1 amide bonds. The minimum absolute atomic E-state index is 0.349. The van der Waals surface area contributed by atoms with Crippen LogP contribution >= 0.6 is 0 Å². The Morgan fingerprint density at radius 3 is 2.27 bits per heavy atom. The molecule has 0 heterocycles. The van der Waals surface area contributed by atoms with Crippen LogP contribution in [0.2, 0.25) is 0 Å². The molecule has 2 aromatic rings. The van der Waals surface area contributed by atoms with Gasteiger partial charge in [0.05, 0.1) is 27.0 Å². The molecule has 0 bridgehead atoms. The summed E-state index contributed by atoms with van der Waals surface area (Å²) in [4.78, 5) is 12.2. The summed E-state index contributed by atoms with van der Waals surface area (Å²) in [6.07, 6.45) is 3.71. The number of nitrogens with zero attached hydrogens (tertiary/aromatic N) is 1. The molecule has 0 saturated heterocycles. The van der Waals surface area contributed by atoms with E-state index in [0.29, 0.717) is 23.7 Å². The average molecular weight is 356 g/mol. The molecule has 1 N–H and O–H groups in total. The van der Waals surface area contributed by atoms with Crippen molar-refractivity contribution in [3.8, 4) is 17.2 Å². The van der Waals surface area contributed by atoms with Gasteiger partial charge in [0.25, 0.3) is 5.91 Å². The minimum atomic E-state index is -0.349. The molecule has 6 heteroatoms. The molecule has 0 aliphatic carbocycles. The molecule has 0 radical (unpaired) electrons. The highest BCUT2D eigenvalue weighted by atomic mass is 16.5. The zero-order valence-corrected chi connectivity index (χ0v) is 15.3. The number of hydrogen-bond donors (Lipinski definition) is 1. The quantitative estimate of drug-likeness (QED) is 0.423. The normalized spacial score (nSPS) is 10.6. The highest BCUT2D eigenvalue weighted by molar-refractivity contribution is 5.95. The third-order valence-corrected chi connectivity index (χ3v) is 3.64. The van der Waals surface area contributed by atoms with E-state index in [1.165, 1.54) is 14.2 Å². The number of rotatable bonds is 9. The lowest BCUT2D eigenvalue weighted by atomic mass is 10.2. The van der Waals surface area contributed by atoms with Crippen LogP contribution in [0.4, 0.5) is 0 Å².